The molecule has 0 bridgehead atoms. The van der Waals surface area contributed by atoms with Gasteiger partial charge in [-0.2, -0.15) is 0 Å². The van der Waals surface area contributed by atoms with E-state index in [0.717, 1.165) is 54.5 Å². The van der Waals surface area contributed by atoms with Gasteiger partial charge in [0.15, 0.2) is 11.0 Å². The first-order valence-electron chi connectivity index (χ1n) is 11.8. The van der Waals surface area contributed by atoms with Crippen molar-refractivity contribution in [3.8, 4) is 22.1 Å². The monoisotopic (exact) mass is 504 g/mol. The molecule has 1 saturated heterocycles. The molecule has 180 valence electrons. The molecule has 8 heteroatoms. The number of aromatic nitrogens is 3. The van der Waals surface area contributed by atoms with Gasteiger partial charge in [0.2, 0.25) is 5.91 Å². The molecule has 4 aromatic rings. The van der Waals surface area contributed by atoms with Crippen LogP contribution in [0.15, 0.2) is 77.3 Å². The van der Waals surface area contributed by atoms with Gasteiger partial charge in [-0.1, -0.05) is 48.2 Å². The summed E-state index contributed by atoms with van der Waals surface area (Å²) in [6.07, 6.45) is 3.19. The third-order valence-corrected chi connectivity index (χ3v) is 8.14. The average molecular weight is 505 g/mol. The Morgan fingerprint density at radius 3 is 2.49 bits per heavy atom. The lowest BCUT2D eigenvalue weighted by atomic mass is 9.90. The molecule has 0 aliphatic carbocycles. The summed E-state index contributed by atoms with van der Waals surface area (Å²) >= 11 is 3.07. The van der Waals surface area contributed by atoms with E-state index in [1.165, 1.54) is 17.3 Å². The number of hydrogen-bond donors (Lipinski definition) is 0. The number of nitrogens with zero attached hydrogens (tertiary/aromatic N) is 4. The first-order chi connectivity index (χ1) is 17.2. The third-order valence-electron chi connectivity index (χ3n) is 6.36. The number of benzene rings is 2. The van der Waals surface area contributed by atoms with E-state index in [-0.39, 0.29) is 5.91 Å². The zero-order valence-electron chi connectivity index (χ0n) is 19.7. The lowest BCUT2D eigenvalue weighted by molar-refractivity contribution is -0.129. The second-order valence-electron chi connectivity index (χ2n) is 8.62. The number of thioether (sulfide) groups is 1. The van der Waals surface area contributed by atoms with E-state index in [4.69, 9.17) is 4.74 Å². The number of methoxy groups -OCH3 is 1. The largest absolute Gasteiger partial charge is 0.497 e. The quantitative estimate of drug-likeness (QED) is 0.293. The number of hydrogen-bond acceptors (Lipinski definition) is 6. The van der Waals surface area contributed by atoms with Crippen molar-refractivity contribution in [1.82, 2.24) is 19.7 Å². The number of ether oxygens (including phenoxy) is 1. The summed E-state index contributed by atoms with van der Waals surface area (Å²) in [7, 11) is 1.65. The maximum absolute atomic E-state index is 13.0. The molecule has 1 amide bonds. The maximum Gasteiger partial charge on any atom is 0.233 e. The van der Waals surface area contributed by atoms with Crippen LogP contribution in [0.1, 0.15) is 18.4 Å². The highest BCUT2D eigenvalue weighted by molar-refractivity contribution is 7.99. The van der Waals surface area contributed by atoms with Crippen molar-refractivity contribution in [1.29, 1.82) is 0 Å². The van der Waals surface area contributed by atoms with E-state index < -0.39 is 0 Å². The Balaban J connectivity index is 1.24. The van der Waals surface area contributed by atoms with E-state index in [1.807, 2.05) is 51.2 Å². The highest BCUT2D eigenvalue weighted by Crippen LogP contribution is 2.31. The van der Waals surface area contributed by atoms with E-state index >= 15 is 0 Å². The van der Waals surface area contributed by atoms with Gasteiger partial charge in [0.1, 0.15) is 5.75 Å². The Morgan fingerprint density at radius 2 is 1.80 bits per heavy atom. The highest BCUT2D eigenvalue weighted by atomic mass is 32.2. The first kappa shape index (κ1) is 23.6. The summed E-state index contributed by atoms with van der Waals surface area (Å²) < 4.78 is 7.34. The predicted molar refractivity (Wildman–Crippen MR) is 141 cm³/mol. The van der Waals surface area contributed by atoms with E-state index in [1.54, 1.807) is 18.4 Å². The van der Waals surface area contributed by atoms with Crippen molar-refractivity contribution < 1.29 is 9.53 Å². The number of rotatable bonds is 8. The third kappa shape index (κ3) is 5.60. The summed E-state index contributed by atoms with van der Waals surface area (Å²) in [5.74, 6) is 2.72. The van der Waals surface area contributed by atoms with E-state index in [9.17, 15) is 4.79 Å². The van der Waals surface area contributed by atoms with Gasteiger partial charge in [-0.3, -0.25) is 9.36 Å². The van der Waals surface area contributed by atoms with Crippen molar-refractivity contribution in [2.45, 2.75) is 24.4 Å². The second kappa shape index (κ2) is 11.1. The minimum atomic E-state index is 0.162. The van der Waals surface area contributed by atoms with Gasteiger partial charge in [-0.05, 0) is 66.5 Å². The Bertz CT molecular complexity index is 1230. The van der Waals surface area contributed by atoms with Crippen LogP contribution in [0.5, 0.6) is 5.75 Å². The summed E-state index contributed by atoms with van der Waals surface area (Å²) in [4.78, 5) is 16.1. The van der Waals surface area contributed by atoms with Gasteiger partial charge in [0, 0.05) is 13.1 Å². The first-order valence-corrected chi connectivity index (χ1v) is 13.7. The van der Waals surface area contributed by atoms with Crippen molar-refractivity contribution in [3.05, 3.63) is 77.7 Å². The molecule has 35 heavy (non-hydrogen) atoms. The number of amides is 1. The van der Waals surface area contributed by atoms with Crippen LogP contribution < -0.4 is 4.74 Å². The smallest absolute Gasteiger partial charge is 0.233 e. The van der Waals surface area contributed by atoms with Gasteiger partial charge in [0.25, 0.3) is 0 Å². The zero-order chi connectivity index (χ0) is 24.0. The molecule has 0 radical (unpaired) electrons. The fourth-order valence-electron chi connectivity index (χ4n) is 4.44. The predicted octanol–water partition coefficient (Wildman–Crippen LogP) is 5.58. The summed E-state index contributed by atoms with van der Waals surface area (Å²) in [6.45, 7) is 1.64. The van der Waals surface area contributed by atoms with Gasteiger partial charge >= 0.3 is 0 Å². The lowest BCUT2D eigenvalue weighted by Gasteiger charge is -2.32. The molecule has 5 rings (SSSR count). The van der Waals surface area contributed by atoms with Crippen LogP contribution in [0.25, 0.3) is 16.4 Å². The van der Waals surface area contributed by atoms with Gasteiger partial charge < -0.3 is 9.64 Å². The van der Waals surface area contributed by atoms with Crippen LogP contribution in [0.4, 0.5) is 0 Å². The molecule has 1 aliphatic heterocycles. The summed E-state index contributed by atoms with van der Waals surface area (Å²) in [5.41, 5.74) is 2.32. The number of piperidine rings is 1. The second-order valence-corrected chi connectivity index (χ2v) is 10.5. The highest BCUT2D eigenvalue weighted by Gasteiger charge is 2.24. The van der Waals surface area contributed by atoms with Gasteiger partial charge in [-0.25, -0.2) is 0 Å². The minimum absolute atomic E-state index is 0.162. The Hall–Kier alpha value is -3.10. The molecule has 2 aromatic carbocycles. The average Bonchev–Trinajstić information content (AvgIpc) is 3.58. The Kier molecular flexibility index (Phi) is 7.49. The summed E-state index contributed by atoms with van der Waals surface area (Å²) in [6, 6.07) is 22.5. The maximum atomic E-state index is 13.0. The fourth-order valence-corrected chi connectivity index (χ4v) is 6.00. The normalized spacial score (nSPS) is 14.3. The lowest BCUT2D eigenvalue weighted by Crippen LogP contribution is -2.39. The zero-order valence-corrected chi connectivity index (χ0v) is 21.3. The minimum Gasteiger partial charge on any atom is -0.497 e. The Morgan fingerprint density at radius 1 is 1.03 bits per heavy atom. The molecule has 0 unspecified atom stereocenters. The van der Waals surface area contributed by atoms with E-state index in [2.05, 4.69) is 40.5 Å². The molecular weight excluding hydrogens is 476 g/mol. The van der Waals surface area contributed by atoms with Crippen LogP contribution in [0, 0.1) is 5.92 Å². The fraction of sp³-hybridized carbons (Fsp3) is 0.296. The Labute approximate surface area is 214 Å². The molecule has 3 heterocycles. The molecule has 0 atom stereocenters. The molecule has 0 spiro atoms. The molecule has 0 N–H and O–H groups in total. The number of thiophene rings is 1. The number of carbonyl (C=O) groups excluding carboxylic acids is 1. The van der Waals surface area contributed by atoms with Gasteiger partial charge in [0.05, 0.1) is 23.4 Å². The van der Waals surface area contributed by atoms with E-state index in [0.29, 0.717) is 16.8 Å². The van der Waals surface area contributed by atoms with Crippen molar-refractivity contribution in [2.24, 2.45) is 5.92 Å². The van der Waals surface area contributed by atoms with Crippen LogP contribution in [0.3, 0.4) is 0 Å². The SMILES string of the molecule is COc1ccc(-n2c(SCC(=O)N3CCC(Cc4ccccc4)CC3)nnc2-c2cccs2)cc1. The van der Waals surface area contributed by atoms with Crippen molar-refractivity contribution in [2.75, 3.05) is 26.0 Å². The molecule has 1 aliphatic rings. The topological polar surface area (TPSA) is 60.2 Å². The summed E-state index contributed by atoms with van der Waals surface area (Å²) in [5, 5.41) is 11.7. The van der Waals surface area contributed by atoms with Gasteiger partial charge in [-0.15, -0.1) is 21.5 Å². The molecule has 2 aromatic heterocycles. The van der Waals surface area contributed by atoms with Crippen LogP contribution in [0.2, 0.25) is 0 Å². The van der Waals surface area contributed by atoms with Crippen LogP contribution >= 0.6 is 23.1 Å². The van der Waals surface area contributed by atoms with Crippen molar-refractivity contribution in [3.63, 3.8) is 0 Å². The number of likely N-dealkylation sites (tertiary alicyclic amines) is 1. The molecule has 0 saturated carbocycles. The van der Waals surface area contributed by atoms with Crippen LogP contribution in [-0.2, 0) is 11.2 Å². The molecule has 1 fully saturated rings. The standard InChI is InChI=1S/C27H28N4O2S2/c1-33-23-11-9-22(10-12-23)31-26(24-8-5-17-34-24)28-29-27(31)35-19-25(32)30-15-13-21(14-16-30)18-20-6-3-2-4-7-20/h2-12,17,21H,13-16,18-19H2,1H3. The number of carbonyl (C=O) groups is 1. The van der Waals surface area contributed by atoms with Crippen LogP contribution in [-0.4, -0.2) is 51.5 Å². The molecule has 6 nitrogen and oxygen atoms in total. The van der Waals surface area contributed by atoms with Crippen molar-refractivity contribution >= 4 is 29.0 Å². The molecular formula is C27H28N4O2S2.